The van der Waals surface area contributed by atoms with Crippen molar-refractivity contribution in [1.29, 1.82) is 0 Å². The van der Waals surface area contributed by atoms with Gasteiger partial charge in [-0.3, -0.25) is 4.79 Å². The minimum absolute atomic E-state index is 0.0129. The fourth-order valence-electron chi connectivity index (χ4n) is 1.71. The smallest absolute Gasteiger partial charge is 0.250 e. The van der Waals surface area contributed by atoms with E-state index in [-0.39, 0.29) is 11.6 Å². The summed E-state index contributed by atoms with van der Waals surface area (Å²) in [5, 5.41) is 3.27. The number of oxazole rings is 1. The molecule has 1 N–H and O–H groups in total. The molecule has 0 saturated carbocycles. The van der Waals surface area contributed by atoms with Crippen LogP contribution in [0.2, 0.25) is 0 Å². The molecular weight excluding hydrogens is 230 g/mol. The highest BCUT2D eigenvalue weighted by Gasteiger charge is 2.09. The number of aryl methyl sites for hydroxylation is 1. The number of hydrogen-bond acceptors (Lipinski definition) is 4. The van der Waals surface area contributed by atoms with Crippen molar-refractivity contribution in [2.75, 3.05) is 6.54 Å². The van der Waals surface area contributed by atoms with Crippen molar-refractivity contribution in [3.05, 3.63) is 52.6 Å². The highest BCUT2D eigenvalue weighted by Crippen LogP contribution is 2.11. The van der Waals surface area contributed by atoms with E-state index < -0.39 is 0 Å². The second-order valence-corrected chi connectivity index (χ2v) is 4.22. The molecule has 2 aromatic rings. The average molecular weight is 247 g/mol. The fourth-order valence-corrected chi connectivity index (χ4v) is 1.71. The van der Waals surface area contributed by atoms with Gasteiger partial charge in [-0.05, 0) is 19.9 Å². The Bertz CT molecular complexity index is 559. The molecule has 5 nitrogen and oxygen atoms in total. The summed E-state index contributed by atoms with van der Waals surface area (Å²) < 4.78 is 7.10. The van der Waals surface area contributed by atoms with Crippen LogP contribution in [-0.2, 0) is 6.54 Å². The number of nitrogens with one attached hydrogen (secondary N) is 1. The zero-order valence-electron chi connectivity index (χ0n) is 10.6. The zero-order chi connectivity index (χ0) is 13.0. The molecular formula is C13H17N3O2. The van der Waals surface area contributed by atoms with Crippen molar-refractivity contribution in [2.45, 2.75) is 26.4 Å². The Morgan fingerprint density at radius 3 is 3.00 bits per heavy atom. The molecule has 0 radical (unpaired) electrons. The minimum atomic E-state index is 0.0129. The Balaban J connectivity index is 1.86. The zero-order valence-corrected chi connectivity index (χ0v) is 10.6. The molecule has 2 heterocycles. The normalized spacial score (nSPS) is 12.6. The highest BCUT2D eigenvalue weighted by molar-refractivity contribution is 4.95. The van der Waals surface area contributed by atoms with Gasteiger partial charge in [-0.2, -0.15) is 0 Å². The third kappa shape index (κ3) is 3.07. The standard InChI is InChI=1S/C13H17N3O2/c1-10-9-15-13(18-10)11(2)14-6-8-16-7-4-3-5-12(16)17/h3-5,7,9,11,14H,6,8H2,1-2H3. The van der Waals surface area contributed by atoms with E-state index in [1.807, 2.05) is 19.9 Å². The van der Waals surface area contributed by atoms with E-state index in [1.165, 1.54) is 0 Å². The van der Waals surface area contributed by atoms with Crippen LogP contribution in [0.4, 0.5) is 0 Å². The SMILES string of the molecule is Cc1cnc(C(C)NCCn2ccccc2=O)o1. The van der Waals surface area contributed by atoms with Crippen molar-refractivity contribution in [1.82, 2.24) is 14.9 Å². The first-order valence-corrected chi connectivity index (χ1v) is 5.98. The Hall–Kier alpha value is -1.88. The molecule has 0 fully saturated rings. The predicted molar refractivity (Wildman–Crippen MR) is 68.4 cm³/mol. The average Bonchev–Trinajstić information content (AvgIpc) is 2.78. The highest BCUT2D eigenvalue weighted by atomic mass is 16.4. The first-order valence-electron chi connectivity index (χ1n) is 5.98. The first kappa shape index (κ1) is 12.6. The summed E-state index contributed by atoms with van der Waals surface area (Å²) in [6, 6.07) is 5.19. The summed E-state index contributed by atoms with van der Waals surface area (Å²) >= 11 is 0. The van der Waals surface area contributed by atoms with Crippen LogP contribution in [0, 0.1) is 6.92 Å². The van der Waals surface area contributed by atoms with Crippen LogP contribution < -0.4 is 10.9 Å². The quantitative estimate of drug-likeness (QED) is 0.869. The third-order valence-corrected chi connectivity index (χ3v) is 2.71. The molecule has 0 saturated heterocycles. The van der Waals surface area contributed by atoms with Gasteiger partial charge < -0.3 is 14.3 Å². The Kier molecular flexibility index (Phi) is 3.94. The number of pyridine rings is 1. The molecule has 1 atom stereocenters. The Morgan fingerprint density at radius 1 is 1.50 bits per heavy atom. The Morgan fingerprint density at radius 2 is 2.33 bits per heavy atom. The molecule has 5 heteroatoms. The lowest BCUT2D eigenvalue weighted by Crippen LogP contribution is -2.27. The van der Waals surface area contributed by atoms with E-state index in [9.17, 15) is 4.79 Å². The van der Waals surface area contributed by atoms with Gasteiger partial charge in [0.15, 0.2) is 0 Å². The molecule has 0 aliphatic heterocycles. The summed E-state index contributed by atoms with van der Waals surface area (Å²) in [5.41, 5.74) is 0.0129. The van der Waals surface area contributed by atoms with Gasteiger partial charge in [0, 0.05) is 25.4 Å². The third-order valence-electron chi connectivity index (χ3n) is 2.71. The van der Waals surface area contributed by atoms with Crippen molar-refractivity contribution in [3.8, 4) is 0 Å². The van der Waals surface area contributed by atoms with Crippen LogP contribution in [-0.4, -0.2) is 16.1 Å². The number of nitrogens with zero attached hydrogens (tertiary/aromatic N) is 2. The second kappa shape index (κ2) is 5.64. The van der Waals surface area contributed by atoms with Crippen LogP contribution in [0.3, 0.4) is 0 Å². The monoisotopic (exact) mass is 247 g/mol. The van der Waals surface area contributed by atoms with Gasteiger partial charge in [-0.1, -0.05) is 6.07 Å². The van der Waals surface area contributed by atoms with Gasteiger partial charge in [0.05, 0.1) is 12.2 Å². The van der Waals surface area contributed by atoms with Crippen LogP contribution in [0.15, 0.2) is 39.8 Å². The van der Waals surface area contributed by atoms with E-state index in [4.69, 9.17) is 4.42 Å². The van der Waals surface area contributed by atoms with Crippen LogP contribution in [0.5, 0.6) is 0 Å². The fraction of sp³-hybridized carbons (Fsp3) is 0.385. The molecule has 2 aromatic heterocycles. The van der Waals surface area contributed by atoms with Gasteiger partial charge in [-0.15, -0.1) is 0 Å². The predicted octanol–water partition coefficient (Wildman–Crippen LogP) is 1.50. The number of aromatic nitrogens is 2. The molecule has 0 aromatic carbocycles. The van der Waals surface area contributed by atoms with E-state index >= 15 is 0 Å². The van der Waals surface area contributed by atoms with E-state index in [2.05, 4.69) is 10.3 Å². The van der Waals surface area contributed by atoms with Crippen molar-refractivity contribution >= 4 is 0 Å². The summed E-state index contributed by atoms with van der Waals surface area (Å²) in [4.78, 5) is 15.6. The van der Waals surface area contributed by atoms with Crippen molar-refractivity contribution in [3.63, 3.8) is 0 Å². The van der Waals surface area contributed by atoms with Gasteiger partial charge in [0.1, 0.15) is 5.76 Å². The maximum atomic E-state index is 11.5. The van der Waals surface area contributed by atoms with Crippen LogP contribution in [0.25, 0.3) is 0 Å². The van der Waals surface area contributed by atoms with Crippen molar-refractivity contribution < 1.29 is 4.42 Å². The molecule has 1 unspecified atom stereocenters. The van der Waals surface area contributed by atoms with Gasteiger partial charge in [0.2, 0.25) is 5.89 Å². The lowest BCUT2D eigenvalue weighted by molar-refractivity contribution is 0.397. The molecule has 0 spiro atoms. The number of hydrogen-bond donors (Lipinski definition) is 1. The maximum absolute atomic E-state index is 11.5. The lowest BCUT2D eigenvalue weighted by Gasteiger charge is -2.11. The minimum Gasteiger partial charge on any atom is -0.444 e. The topological polar surface area (TPSA) is 60.1 Å². The van der Waals surface area contributed by atoms with Crippen LogP contribution in [0.1, 0.15) is 24.6 Å². The molecule has 0 aliphatic carbocycles. The lowest BCUT2D eigenvalue weighted by atomic mass is 10.3. The summed E-state index contributed by atoms with van der Waals surface area (Å²) in [7, 11) is 0. The summed E-state index contributed by atoms with van der Waals surface area (Å²) in [6.07, 6.45) is 3.49. The van der Waals surface area contributed by atoms with Crippen molar-refractivity contribution in [2.24, 2.45) is 0 Å². The largest absolute Gasteiger partial charge is 0.444 e. The summed E-state index contributed by atoms with van der Waals surface area (Å²) in [5.74, 6) is 1.48. The molecule has 18 heavy (non-hydrogen) atoms. The van der Waals surface area contributed by atoms with E-state index in [0.717, 1.165) is 5.76 Å². The summed E-state index contributed by atoms with van der Waals surface area (Å²) in [6.45, 7) is 5.17. The van der Waals surface area contributed by atoms with E-state index in [0.29, 0.717) is 19.0 Å². The molecule has 0 bridgehead atoms. The second-order valence-electron chi connectivity index (χ2n) is 4.22. The molecule has 0 aliphatic rings. The van der Waals surface area contributed by atoms with E-state index in [1.54, 1.807) is 29.1 Å². The number of rotatable bonds is 5. The Labute approximate surface area is 105 Å². The van der Waals surface area contributed by atoms with Crippen LogP contribution >= 0.6 is 0 Å². The molecule has 96 valence electrons. The van der Waals surface area contributed by atoms with Gasteiger partial charge >= 0.3 is 0 Å². The van der Waals surface area contributed by atoms with Gasteiger partial charge in [-0.25, -0.2) is 4.98 Å². The molecule has 0 amide bonds. The molecule has 2 rings (SSSR count). The first-order chi connectivity index (χ1) is 8.66. The maximum Gasteiger partial charge on any atom is 0.250 e. The van der Waals surface area contributed by atoms with Gasteiger partial charge in [0.25, 0.3) is 5.56 Å².